The van der Waals surface area contributed by atoms with E-state index in [9.17, 15) is 29.4 Å². The fourth-order valence-electron chi connectivity index (χ4n) is 4.17. The number of fused-ring (bicyclic) bond motifs is 10. The number of hydrogen-bond acceptors (Lipinski definition) is 8. The number of hydrogen-bond donors (Lipinski definition) is 3. The number of amides is 1. The highest BCUT2D eigenvalue weighted by molar-refractivity contribution is 6.08. The zero-order valence-corrected chi connectivity index (χ0v) is 21.7. The van der Waals surface area contributed by atoms with Gasteiger partial charge in [-0.15, -0.1) is 0 Å². The van der Waals surface area contributed by atoms with E-state index in [0.717, 1.165) is 5.57 Å². The van der Waals surface area contributed by atoms with Gasteiger partial charge in [0, 0.05) is 13.3 Å². The van der Waals surface area contributed by atoms with Crippen LogP contribution in [0.5, 0.6) is 0 Å². The van der Waals surface area contributed by atoms with Crippen LogP contribution >= 0.6 is 0 Å². The lowest BCUT2D eigenvalue weighted by atomic mass is 9.69. The van der Waals surface area contributed by atoms with E-state index in [1.807, 2.05) is 13.0 Å². The highest BCUT2D eigenvalue weighted by Crippen LogP contribution is 2.38. The molecule has 1 aliphatic carbocycles. The molecule has 1 saturated heterocycles. The van der Waals surface area contributed by atoms with E-state index in [2.05, 4.69) is 5.32 Å². The average molecular weight is 504 g/mol. The van der Waals surface area contributed by atoms with Crippen LogP contribution in [0.2, 0.25) is 0 Å². The Hall–Kier alpha value is -3.04. The zero-order chi connectivity index (χ0) is 27.2. The number of aliphatic hydroxyl groups excluding tert-OH is 2. The second-order valence-corrected chi connectivity index (χ2v) is 9.72. The zero-order valence-electron chi connectivity index (χ0n) is 21.7. The van der Waals surface area contributed by atoms with E-state index >= 15 is 0 Å². The molecular weight excluding hydrogens is 466 g/mol. The number of aliphatic hydroxyl groups is 2. The van der Waals surface area contributed by atoms with Gasteiger partial charge in [-0.05, 0) is 40.2 Å². The first-order valence-electron chi connectivity index (χ1n) is 12.1. The molecule has 198 valence electrons. The number of carbonyl (C=O) groups excluding carboxylic acids is 4. The number of ketones is 1. The summed E-state index contributed by atoms with van der Waals surface area (Å²) in [4.78, 5) is 51.0. The van der Waals surface area contributed by atoms with Crippen LogP contribution in [0.4, 0.5) is 0 Å². The average Bonchev–Trinajstić information content (AvgIpc) is 2.80. The molecule has 3 aliphatic rings. The molecule has 7 atom stereocenters. The maximum Gasteiger partial charge on any atom is 0.322 e. The molecule has 0 aromatic carbocycles. The van der Waals surface area contributed by atoms with E-state index in [4.69, 9.17) is 9.47 Å². The number of nitrogens with one attached hydrogen (secondary N) is 1. The molecule has 2 aliphatic heterocycles. The number of allylic oxidation sites excluding steroid dienone is 4. The molecule has 1 fully saturated rings. The topological polar surface area (TPSA) is 139 Å². The molecule has 1 unspecified atom stereocenters. The lowest BCUT2D eigenvalue weighted by molar-refractivity contribution is -0.182. The normalized spacial score (nSPS) is 37.3. The molecule has 9 heteroatoms. The number of esters is 2. The Labute approximate surface area is 211 Å². The number of ether oxygens (including phenoxy) is 2. The Morgan fingerprint density at radius 3 is 2.44 bits per heavy atom. The van der Waals surface area contributed by atoms with Gasteiger partial charge in [-0.1, -0.05) is 48.5 Å². The minimum absolute atomic E-state index is 0.0713. The summed E-state index contributed by atoms with van der Waals surface area (Å²) in [5, 5.41) is 22.7. The first kappa shape index (κ1) is 29.2. The molecule has 9 nitrogen and oxygen atoms in total. The Bertz CT molecular complexity index is 992. The summed E-state index contributed by atoms with van der Waals surface area (Å²) in [7, 11) is 0. The predicted octanol–water partition coefficient (Wildman–Crippen LogP) is 2.08. The van der Waals surface area contributed by atoms with Crippen molar-refractivity contribution < 1.29 is 38.9 Å². The third-order valence-corrected chi connectivity index (χ3v) is 6.51. The van der Waals surface area contributed by atoms with Crippen molar-refractivity contribution in [1.29, 1.82) is 0 Å². The third-order valence-electron chi connectivity index (χ3n) is 6.51. The molecule has 0 aromatic rings. The monoisotopic (exact) mass is 503 g/mol. The standard InChI is InChI=1S/C27H37NO8/c1-15-7-10-20(31)11-8-16(2)13-23(28-25(33)18(4)29)27(6)24(32)17(3)22(36-26(27)34)14-21(12-9-15)35-19(5)30/h7-9,11-13,17-18,20-23,29,31H,10,14H2,1-6H3,(H,28,33)/b11-8+,12-9-,15-7-,16-13-/t17-,18-,20+,21-,22-,23?,27+/m1/s1. The van der Waals surface area contributed by atoms with Crippen molar-refractivity contribution in [2.24, 2.45) is 11.3 Å². The van der Waals surface area contributed by atoms with Crippen molar-refractivity contribution >= 4 is 23.6 Å². The first-order valence-corrected chi connectivity index (χ1v) is 12.1. The number of Topliss-reactive ketones (excluding diaryl/α,β-unsaturated/α-hetero) is 1. The van der Waals surface area contributed by atoms with Crippen LogP contribution in [0.1, 0.15) is 54.4 Å². The first-order chi connectivity index (χ1) is 16.7. The molecule has 0 saturated carbocycles. The van der Waals surface area contributed by atoms with Gasteiger partial charge in [0.2, 0.25) is 5.91 Å². The van der Waals surface area contributed by atoms with Crippen molar-refractivity contribution in [1.82, 2.24) is 5.32 Å². The van der Waals surface area contributed by atoms with E-state index in [1.165, 1.54) is 26.8 Å². The lowest BCUT2D eigenvalue weighted by Crippen LogP contribution is -2.62. The van der Waals surface area contributed by atoms with Gasteiger partial charge in [-0.25, -0.2) is 0 Å². The molecule has 1 amide bonds. The summed E-state index contributed by atoms with van der Waals surface area (Å²) >= 11 is 0. The Balaban J connectivity index is 2.60. The van der Waals surface area contributed by atoms with Crippen molar-refractivity contribution in [3.63, 3.8) is 0 Å². The van der Waals surface area contributed by atoms with Gasteiger partial charge in [0.25, 0.3) is 0 Å². The van der Waals surface area contributed by atoms with Gasteiger partial charge < -0.3 is 25.0 Å². The summed E-state index contributed by atoms with van der Waals surface area (Å²) in [5.74, 6) is -3.31. The summed E-state index contributed by atoms with van der Waals surface area (Å²) in [5.41, 5.74) is -0.358. The van der Waals surface area contributed by atoms with Gasteiger partial charge in [0.05, 0.1) is 18.1 Å². The van der Waals surface area contributed by atoms with E-state index < -0.39 is 65.4 Å². The summed E-state index contributed by atoms with van der Waals surface area (Å²) in [6, 6.07) is -1.12. The number of carbonyl (C=O) groups is 4. The Kier molecular flexibility index (Phi) is 9.95. The fraction of sp³-hybridized carbons (Fsp3) is 0.556. The summed E-state index contributed by atoms with van der Waals surface area (Å²) < 4.78 is 11.1. The van der Waals surface area contributed by atoms with Gasteiger partial charge in [-0.2, -0.15) is 0 Å². The number of rotatable bonds is 3. The van der Waals surface area contributed by atoms with E-state index in [0.29, 0.717) is 12.0 Å². The van der Waals surface area contributed by atoms with Crippen LogP contribution in [0, 0.1) is 11.3 Å². The largest absolute Gasteiger partial charge is 0.461 e. The SMILES string of the molecule is CC(=O)O[C@@H]1/C=C\C(C)=C/C[C@H](O)/C=C/C(C)=C\C(NC(=O)[C@@H](C)O)[C@]2(C)C(=O)O[C@H](C1)[C@@H](C)C2=O. The summed E-state index contributed by atoms with van der Waals surface area (Å²) in [6.07, 6.45) is 6.59. The van der Waals surface area contributed by atoms with Crippen LogP contribution in [0.15, 0.2) is 47.6 Å². The molecule has 0 aromatic heterocycles. The smallest absolute Gasteiger partial charge is 0.322 e. The fourth-order valence-corrected chi connectivity index (χ4v) is 4.17. The van der Waals surface area contributed by atoms with Crippen molar-refractivity contribution in [3.05, 3.63) is 47.6 Å². The highest BCUT2D eigenvalue weighted by Gasteiger charge is 2.56. The maximum absolute atomic E-state index is 13.7. The van der Waals surface area contributed by atoms with Crippen molar-refractivity contribution in [3.8, 4) is 0 Å². The van der Waals surface area contributed by atoms with E-state index in [-0.39, 0.29) is 6.42 Å². The van der Waals surface area contributed by atoms with Gasteiger partial charge in [0.1, 0.15) is 23.7 Å². The Morgan fingerprint density at radius 2 is 1.83 bits per heavy atom. The lowest BCUT2D eigenvalue weighted by Gasteiger charge is -2.42. The Morgan fingerprint density at radius 1 is 1.19 bits per heavy atom. The molecule has 36 heavy (non-hydrogen) atoms. The van der Waals surface area contributed by atoms with Gasteiger partial charge in [-0.3, -0.25) is 19.2 Å². The molecule has 2 heterocycles. The van der Waals surface area contributed by atoms with Crippen LogP contribution < -0.4 is 5.32 Å². The summed E-state index contributed by atoms with van der Waals surface area (Å²) in [6.45, 7) is 9.13. The molecule has 0 radical (unpaired) electrons. The van der Waals surface area contributed by atoms with Crippen LogP contribution in [-0.4, -0.2) is 64.3 Å². The molecule has 3 N–H and O–H groups in total. The quantitative estimate of drug-likeness (QED) is 0.393. The van der Waals surface area contributed by atoms with E-state index in [1.54, 1.807) is 38.2 Å². The van der Waals surface area contributed by atoms with Crippen molar-refractivity contribution in [2.75, 3.05) is 0 Å². The third kappa shape index (κ3) is 7.24. The van der Waals surface area contributed by atoms with Crippen molar-refractivity contribution in [2.45, 2.75) is 84.8 Å². The van der Waals surface area contributed by atoms with Gasteiger partial charge in [0.15, 0.2) is 5.78 Å². The minimum Gasteiger partial charge on any atom is -0.461 e. The second-order valence-electron chi connectivity index (χ2n) is 9.72. The molecule has 2 bridgehead atoms. The highest BCUT2D eigenvalue weighted by atomic mass is 16.6. The molecule has 0 spiro atoms. The van der Waals surface area contributed by atoms with Crippen LogP contribution in [-0.2, 0) is 28.7 Å². The predicted molar refractivity (Wildman–Crippen MR) is 132 cm³/mol. The molecule has 3 rings (SSSR count). The molecular formula is C27H37NO8. The van der Waals surface area contributed by atoms with Gasteiger partial charge >= 0.3 is 11.9 Å². The van der Waals surface area contributed by atoms with Crippen LogP contribution in [0.25, 0.3) is 0 Å². The minimum atomic E-state index is -1.77. The maximum atomic E-state index is 13.7. The second kappa shape index (κ2) is 12.3. The van der Waals surface area contributed by atoms with Crippen LogP contribution in [0.3, 0.4) is 0 Å².